The van der Waals surface area contributed by atoms with E-state index < -0.39 is 32.9 Å². The Morgan fingerprint density at radius 1 is 0.963 bits per heavy atom. The predicted octanol–water partition coefficient (Wildman–Crippen LogP) is 6.63. The van der Waals surface area contributed by atoms with E-state index in [1.165, 1.54) is 62.4 Å². The summed E-state index contributed by atoms with van der Waals surface area (Å²) in [6.07, 6.45) is 8.60. The molecule has 3 rings (SSSR count). The Labute approximate surface area is 163 Å². The number of benzene rings is 1. The van der Waals surface area contributed by atoms with Crippen LogP contribution in [0.5, 0.6) is 5.75 Å². The molecule has 0 spiro atoms. The van der Waals surface area contributed by atoms with E-state index in [2.05, 4.69) is 6.92 Å². The van der Waals surface area contributed by atoms with Gasteiger partial charge in [-0.2, -0.15) is 0 Å². The summed E-state index contributed by atoms with van der Waals surface area (Å²) in [5.74, 6) is 0.0557. The molecule has 0 aromatic heterocycles. The number of hydrogen-bond acceptors (Lipinski definition) is 1. The quantitative estimate of drug-likeness (QED) is 0.468. The summed E-state index contributed by atoms with van der Waals surface area (Å²) in [5, 5.41) is 0. The Kier molecular flexibility index (Phi) is 7.68. The van der Waals surface area contributed by atoms with E-state index in [1.807, 2.05) is 0 Å². The normalized spacial score (nSPS) is 28.9. The van der Waals surface area contributed by atoms with Gasteiger partial charge in [0.25, 0.3) is 0 Å². The average Bonchev–Trinajstić information content (AvgIpc) is 2.68. The summed E-state index contributed by atoms with van der Waals surface area (Å²) < 4.78 is 45.4. The predicted molar refractivity (Wildman–Crippen MR) is 107 cm³/mol. The third kappa shape index (κ3) is 5.30. The lowest BCUT2D eigenvalue weighted by molar-refractivity contribution is 0.215. The van der Waals surface area contributed by atoms with Gasteiger partial charge < -0.3 is 4.74 Å². The van der Waals surface area contributed by atoms with Gasteiger partial charge >= 0.3 is 0 Å². The molecule has 0 radical (unpaired) electrons. The molecule has 0 atom stereocenters. The lowest BCUT2D eigenvalue weighted by Crippen LogP contribution is -2.28. The molecule has 0 unspecified atom stereocenters. The van der Waals surface area contributed by atoms with Crippen molar-refractivity contribution in [1.29, 1.82) is 0 Å². The van der Waals surface area contributed by atoms with E-state index in [1.54, 1.807) is 0 Å². The van der Waals surface area contributed by atoms with Crippen LogP contribution in [0.4, 0.5) is 13.2 Å². The van der Waals surface area contributed by atoms with Crippen LogP contribution in [0.3, 0.4) is 0 Å². The number of halogens is 3. The second-order valence-corrected chi connectivity index (χ2v) is 12.0. The minimum absolute atomic E-state index is 0.228. The van der Waals surface area contributed by atoms with E-state index >= 15 is 0 Å². The van der Waals surface area contributed by atoms with Gasteiger partial charge in [-0.05, 0) is 61.1 Å². The van der Waals surface area contributed by atoms with E-state index in [9.17, 15) is 13.2 Å². The van der Waals surface area contributed by atoms with Crippen LogP contribution in [0.1, 0.15) is 63.4 Å². The molecule has 152 valence electrons. The van der Waals surface area contributed by atoms with Crippen molar-refractivity contribution in [3.63, 3.8) is 0 Å². The second-order valence-electron chi connectivity index (χ2n) is 8.53. The van der Waals surface area contributed by atoms with Gasteiger partial charge in [-0.15, -0.1) is 0 Å². The van der Waals surface area contributed by atoms with Crippen molar-refractivity contribution in [2.75, 3.05) is 13.3 Å². The van der Waals surface area contributed by atoms with Crippen LogP contribution in [0.15, 0.2) is 12.1 Å². The first-order chi connectivity index (χ1) is 13.1. The van der Waals surface area contributed by atoms with Crippen LogP contribution < -0.4 is 4.74 Å². The number of alkyl halides is 1. The Bertz CT molecular complexity index is 570. The third-order valence-corrected chi connectivity index (χ3v) is 10.5. The van der Waals surface area contributed by atoms with Gasteiger partial charge in [-0.3, -0.25) is 0 Å². The number of hydrogen-bond donors (Lipinski definition) is 0. The molecule has 1 saturated carbocycles. The monoisotopic (exact) mass is 398 g/mol. The topological polar surface area (TPSA) is 9.23 Å². The zero-order valence-electron chi connectivity index (χ0n) is 16.5. The zero-order valence-corrected chi connectivity index (χ0v) is 17.6. The minimum atomic E-state index is -0.756. The highest BCUT2D eigenvalue weighted by atomic mass is 28.3. The second kappa shape index (κ2) is 9.99. The first-order valence-electron chi connectivity index (χ1n) is 10.8. The molecule has 0 amide bonds. The number of ether oxygens (including phenoxy) is 1. The van der Waals surface area contributed by atoms with Crippen molar-refractivity contribution >= 4 is 8.80 Å². The molecule has 1 aliphatic carbocycles. The van der Waals surface area contributed by atoms with Crippen LogP contribution in [-0.4, -0.2) is 22.1 Å². The van der Waals surface area contributed by atoms with Crippen molar-refractivity contribution < 1.29 is 17.9 Å². The first kappa shape index (κ1) is 20.8. The van der Waals surface area contributed by atoms with Gasteiger partial charge in [0.1, 0.15) is 13.3 Å². The van der Waals surface area contributed by atoms with E-state index in [4.69, 9.17) is 4.74 Å². The standard InChI is InChI=1S/C22H33F3OSi/c1-2-11-27-12-7-18(8-13-27)16-3-5-17(6-4-16)19-14-20(24)22(21(25)15-19)26-10-9-23/h14-18,27H,2-13H2,1H3. The van der Waals surface area contributed by atoms with Crippen molar-refractivity contribution in [3.05, 3.63) is 29.3 Å². The Morgan fingerprint density at radius 2 is 1.56 bits per heavy atom. The summed E-state index contributed by atoms with van der Waals surface area (Å²) in [5.41, 5.74) is 0.732. The van der Waals surface area contributed by atoms with Crippen molar-refractivity contribution in [2.24, 2.45) is 11.8 Å². The lowest BCUT2D eigenvalue weighted by atomic mass is 9.72. The minimum Gasteiger partial charge on any atom is -0.485 e. The van der Waals surface area contributed by atoms with Crippen LogP contribution >= 0.6 is 0 Å². The summed E-state index contributed by atoms with van der Waals surface area (Å²) >= 11 is 0. The molecule has 1 aliphatic heterocycles. The molecule has 2 fully saturated rings. The smallest absolute Gasteiger partial charge is 0.190 e. The highest BCUT2D eigenvalue weighted by Crippen LogP contribution is 2.44. The molecule has 1 aromatic rings. The molecular weight excluding hydrogens is 365 g/mol. The SMILES string of the molecule is CCC[SiH]1CCC(C2CCC(c3cc(F)c(OCCF)c(F)c3)CC2)CC1. The Hall–Kier alpha value is -0.973. The Morgan fingerprint density at radius 3 is 2.11 bits per heavy atom. The molecule has 1 heterocycles. The van der Waals surface area contributed by atoms with Crippen molar-refractivity contribution in [2.45, 2.75) is 75.9 Å². The molecule has 1 nitrogen and oxygen atoms in total. The first-order valence-corrected chi connectivity index (χ1v) is 13.2. The van der Waals surface area contributed by atoms with Crippen molar-refractivity contribution in [3.8, 4) is 5.75 Å². The van der Waals surface area contributed by atoms with Gasteiger partial charge in [-0.25, -0.2) is 13.2 Å². The fourth-order valence-electron chi connectivity index (χ4n) is 5.37. The molecule has 0 N–H and O–H groups in total. The fourth-order valence-corrected chi connectivity index (χ4v) is 8.86. The maximum atomic E-state index is 14.2. The summed E-state index contributed by atoms with van der Waals surface area (Å²) in [6, 6.07) is 7.35. The molecule has 5 heteroatoms. The molecule has 0 bridgehead atoms. The van der Waals surface area contributed by atoms with Gasteiger partial charge in [0.15, 0.2) is 17.4 Å². The summed E-state index contributed by atoms with van der Waals surface area (Å²) in [7, 11) is -0.424. The largest absolute Gasteiger partial charge is 0.485 e. The zero-order chi connectivity index (χ0) is 19.2. The molecule has 1 aromatic carbocycles. The van der Waals surface area contributed by atoms with Gasteiger partial charge in [0.05, 0.1) is 0 Å². The average molecular weight is 399 g/mol. The highest BCUT2D eigenvalue weighted by molar-refractivity contribution is 6.58. The molecule has 27 heavy (non-hydrogen) atoms. The Balaban J connectivity index is 1.53. The fraction of sp³-hybridized carbons (Fsp3) is 0.727. The maximum Gasteiger partial charge on any atom is 0.190 e. The van der Waals surface area contributed by atoms with Crippen LogP contribution in [-0.2, 0) is 0 Å². The van der Waals surface area contributed by atoms with E-state index in [0.29, 0.717) is 0 Å². The summed E-state index contributed by atoms with van der Waals surface area (Å²) in [4.78, 5) is 0. The van der Waals surface area contributed by atoms with Crippen LogP contribution in [0.2, 0.25) is 18.1 Å². The van der Waals surface area contributed by atoms with E-state index in [0.717, 1.165) is 30.2 Å². The number of rotatable bonds is 7. The van der Waals surface area contributed by atoms with Crippen LogP contribution in [0, 0.1) is 23.5 Å². The van der Waals surface area contributed by atoms with Gasteiger partial charge in [-0.1, -0.05) is 44.3 Å². The third-order valence-electron chi connectivity index (χ3n) is 6.84. The van der Waals surface area contributed by atoms with E-state index in [-0.39, 0.29) is 12.5 Å². The lowest BCUT2D eigenvalue weighted by Gasteiger charge is -2.37. The van der Waals surface area contributed by atoms with Crippen LogP contribution in [0.25, 0.3) is 0 Å². The highest BCUT2D eigenvalue weighted by Gasteiger charge is 2.32. The maximum absolute atomic E-state index is 14.2. The molecule has 1 saturated heterocycles. The summed E-state index contributed by atoms with van der Waals surface area (Å²) in [6.45, 7) is 1.24. The molecule has 2 aliphatic rings. The van der Waals surface area contributed by atoms with Gasteiger partial charge in [0, 0.05) is 8.80 Å². The molecular formula is C22H33F3OSi. The van der Waals surface area contributed by atoms with Crippen molar-refractivity contribution in [1.82, 2.24) is 0 Å². The van der Waals surface area contributed by atoms with Gasteiger partial charge in [0.2, 0.25) is 0 Å².